The summed E-state index contributed by atoms with van der Waals surface area (Å²) in [5, 5.41) is 13.5. The Labute approximate surface area is 159 Å². The van der Waals surface area contributed by atoms with E-state index in [1.165, 1.54) is 0 Å². The Morgan fingerprint density at radius 3 is 1.38 bits per heavy atom. The Hall–Kier alpha value is -2.24. The summed E-state index contributed by atoms with van der Waals surface area (Å²) < 4.78 is 0. The minimum atomic E-state index is 0.213. The number of benzene rings is 1. The zero-order chi connectivity index (χ0) is 19.7. The van der Waals surface area contributed by atoms with E-state index in [0.717, 1.165) is 23.3 Å². The van der Waals surface area contributed by atoms with Crippen LogP contribution in [0.25, 0.3) is 0 Å². The van der Waals surface area contributed by atoms with Crippen LogP contribution in [0, 0.1) is 0 Å². The van der Waals surface area contributed by atoms with Crippen molar-refractivity contribution in [1.29, 1.82) is 0 Å². The summed E-state index contributed by atoms with van der Waals surface area (Å²) in [7, 11) is 0. The van der Waals surface area contributed by atoms with E-state index in [2.05, 4.69) is 92.7 Å². The van der Waals surface area contributed by atoms with E-state index < -0.39 is 0 Å². The number of anilines is 2. The van der Waals surface area contributed by atoms with Gasteiger partial charge in [-0.2, -0.15) is 0 Å². The van der Waals surface area contributed by atoms with E-state index in [-0.39, 0.29) is 12.1 Å². The fourth-order valence-corrected chi connectivity index (χ4v) is 2.22. The van der Waals surface area contributed by atoms with Crippen LogP contribution in [0.3, 0.4) is 0 Å². The van der Waals surface area contributed by atoms with Crippen LogP contribution < -0.4 is 21.3 Å². The molecule has 0 atom stereocenters. The van der Waals surface area contributed by atoms with Crippen molar-refractivity contribution in [2.24, 2.45) is 9.98 Å². The summed E-state index contributed by atoms with van der Waals surface area (Å²) in [5.74, 6) is 1.56. The third-order valence-electron chi connectivity index (χ3n) is 3.01. The van der Waals surface area contributed by atoms with Crippen molar-refractivity contribution in [3.05, 3.63) is 24.3 Å². The van der Waals surface area contributed by atoms with Crippen LogP contribution >= 0.6 is 0 Å². The maximum Gasteiger partial charge on any atom is 0.196 e. The van der Waals surface area contributed by atoms with Crippen molar-refractivity contribution in [3.63, 3.8) is 0 Å². The van der Waals surface area contributed by atoms with Crippen LogP contribution in [0.15, 0.2) is 34.3 Å². The molecule has 0 aliphatic rings. The lowest BCUT2D eigenvalue weighted by molar-refractivity contribution is 0.717. The molecule has 0 saturated heterocycles. The van der Waals surface area contributed by atoms with Crippen LogP contribution in [0.4, 0.5) is 11.4 Å². The van der Waals surface area contributed by atoms with Gasteiger partial charge in [0.15, 0.2) is 11.9 Å². The molecule has 1 aromatic carbocycles. The van der Waals surface area contributed by atoms with Gasteiger partial charge in [-0.15, -0.1) is 0 Å². The van der Waals surface area contributed by atoms with Crippen LogP contribution in [0.2, 0.25) is 0 Å². The van der Waals surface area contributed by atoms with Crippen molar-refractivity contribution in [2.45, 2.75) is 79.6 Å². The predicted molar refractivity (Wildman–Crippen MR) is 115 cm³/mol. The number of nitrogens with zero attached hydrogens (tertiary/aromatic N) is 2. The smallest absolute Gasteiger partial charge is 0.196 e. The predicted octanol–water partition coefficient (Wildman–Crippen LogP) is 4.04. The highest BCUT2D eigenvalue weighted by atomic mass is 15.2. The van der Waals surface area contributed by atoms with Crippen LogP contribution in [-0.2, 0) is 0 Å². The topological polar surface area (TPSA) is 72.8 Å². The fourth-order valence-electron chi connectivity index (χ4n) is 2.22. The average Bonchev–Trinajstić information content (AvgIpc) is 2.44. The van der Waals surface area contributed by atoms with Crippen molar-refractivity contribution in [3.8, 4) is 0 Å². The summed E-state index contributed by atoms with van der Waals surface area (Å²) in [6.07, 6.45) is 0. The summed E-state index contributed by atoms with van der Waals surface area (Å²) >= 11 is 0. The molecule has 0 radical (unpaired) electrons. The van der Waals surface area contributed by atoms with Crippen LogP contribution in [0.1, 0.15) is 55.4 Å². The Balaban J connectivity index is 2.95. The molecule has 0 aliphatic carbocycles. The number of rotatable bonds is 6. The van der Waals surface area contributed by atoms with E-state index in [0.29, 0.717) is 12.1 Å². The minimum absolute atomic E-state index is 0.213. The zero-order valence-electron chi connectivity index (χ0n) is 17.5. The van der Waals surface area contributed by atoms with Gasteiger partial charge in [0.05, 0.1) is 0 Å². The van der Waals surface area contributed by atoms with Gasteiger partial charge in [0.25, 0.3) is 0 Å². The van der Waals surface area contributed by atoms with Gasteiger partial charge in [0.2, 0.25) is 0 Å². The minimum Gasteiger partial charge on any atom is -0.354 e. The monoisotopic (exact) mass is 360 g/mol. The van der Waals surface area contributed by atoms with Gasteiger partial charge >= 0.3 is 0 Å². The van der Waals surface area contributed by atoms with Crippen LogP contribution in [0.5, 0.6) is 0 Å². The Kier molecular flexibility index (Phi) is 8.96. The first-order valence-corrected chi connectivity index (χ1v) is 9.48. The standard InChI is InChI=1S/C20H36N6/c1-13(2)21-19(22-14(3)4)25-17-10-9-11-18(12-17)26-20(23-15(5)6)24-16(7)8/h9-16H,1-8H3,(H2,21,22,25)(H2,23,24,26). The van der Waals surface area contributed by atoms with E-state index in [9.17, 15) is 0 Å². The summed E-state index contributed by atoms with van der Waals surface area (Å²) in [6, 6.07) is 9.15. The Morgan fingerprint density at radius 1 is 0.692 bits per heavy atom. The molecule has 0 amide bonds. The van der Waals surface area contributed by atoms with Crippen molar-refractivity contribution in [2.75, 3.05) is 10.6 Å². The molecular weight excluding hydrogens is 324 g/mol. The second-order valence-corrected chi connectivity index (χ2v) is 7.57. The summed E-state index contributed by atoms with van der Waals surface area (Å²) in [4.78, 5) is 9.24. The van der Waals surface area contributed by atoms with E-state index in [1.54, 1.807) is 0 Å². The molecule has 0 heterocycles. The molecule has 4 N–H and O–H groups in total. The van der Waals surface area contributed by atoms with Gasteiger partial charge in [-0.3, -0.25) is 9.98 Å². The molecule has 6 nitrogen and oxygen atoms in total. The second-order valence-electron chi connectivity index (χ2n) is 7.57. The van der Waals surface area contributed by atoms with Gasteiger partial charge in [0.1, 0.15) is 0 Å². The lowest BCUT2D eigenvalue weighted by Gasteiger charge is -2.18. The molecule has 26 heavy (non-hydrogen) atoms. The second kappa shape index (κ2) is 10.7. The third kappa shape index (κ3) is 9.30. The number of hydrogen-bond acceptors (Lipinski definition) is 2. The SMILES string of the molecule is CC(C)N=C(Nc1cccc(NC(=NC(C)C)NC(C)C)c1)NC(C)C. The molecular formula is C20H36N6. The van der Waals surface area contributed by atoms with Gasteiger partial charge in [0, 0.05) is 35.5 Å². The number of guanidine groups is 2. The lowest BCUT2D eigenvalue weighted by atomic mass is 10.2. The molecule has 0 saturated carbocycles. The largest absolute Gasteiger partial charge is 0.354 e. The van der Waals surface area contributed by atoms with Crippen molar-refractivity contribution < 1.29 is 0 Å². The zero-order valence-corrected chi connectivity index (χ0v) is 17.5. The first kappa shape index (κ1) is 21.8. The average molecular weight is 361 g/mol. The highest BCUT2D eigenvalue weighted by Gasteiger charge is 2.07. The van der Waals surface area contributed by atoms with Gasteiger partial charge in [-0.05, 0) is 73.6 Å². The van der Waals surface area contributed by atoms with Crippen LogP contribution in [-0.4, -0.2) is 36.1 Å². The van der Waals surface area contributed by atoms with E-state index in [1.807, 2.05) is 18.2 Å². The third-order valence-corrected chi connectivity index (χ3v) is 3.01. The van der Waals surface area contributed by atoms with Gasteiger partial charge in [-0.1, -0.05) is 6.07 Å². The van der Waals surface area contributed by atoms with E-state index >= 15 is 0 Å². The quantitative estimate of drug-likeness (QED) is 0.456. The summed E-state index contributed by atoms with van der Waals surface area (Å²) in [5.41, 5.74) is 1.94. The van der Waals surface area contributed by atoms with Crippen molar-refractivity contribution >= 4 is 23.3 Å². The maximum atomic E-state index is 4.62. The molecule has 6 heteroatoms. The molecule has 1 aromatic rings. The molecule has 0 unspecified atom stereocenters. The molecule has 146 valence electrons. The fraction of sp³-hybridized carbons (Fsp3) is 0.600. The molecule has 0 aliphatic heterocycles. The normalized spacial score (nSPS) is 12.9. The Morgan fingerprint density at radius 2 is 1.08 bits per heavy atom. The molecule has 0 spiro atoms. The number of aliphatic imine (C=N–C) groups is 2. The first-order chi connectivity index (χ1) is 12.2. The molecule has 0 aromatic heterocycles. The van der Waals surface area contributed by atoms with E-state index in [4.69, 9.17) is 0 Å². The molecule has 0 fully saturated rings. The van der Waals surface area contributed by atoms with Gasteiger partial charge < -0.3 is 21.3 Å². The van der Waals surface area contributed by atoms with Crippen molar-refractivity contribution in [1.82, 2.24) is 10.6 Å². The number of hydrogen-bond donors (Lipinski definition) is 4. The molecule has 1 rings (SSSR count). The first-order valence-electron chi connectivity index (χ1n) is 9.48. The highest BCUT2D eigenvalue weighted by Crippen LogP contribution is 2.15. The molecule has 0 bridgehead atoms. The highest BCUT2D eigenvalue weighted by molar-refractivity contribution is 5.97. The van der Waals surface area contributed by atoms with Gasteiger partial charge in [-0.25, -0.2) is 0 Å². The summed E-state index contributed by atoms with van der Waals surface area (Å²) in [6.45, 7) is 16.6. The lowest BCUT2D eigenvalue weighted by Crippen LogP contribution is -2.37. The maximum absolute atomic E-state index is 4.62. The Bertz CT molecular complexity index is 553. The number of nitrogens with one attached hydrogen (secondary N) is 4.